The van der Waals surface area contributed by atoms with Crippen LogP contribution in [-0.4, -0.2) is 33.5 Å². The fourth-order valence-electron chi connectivity index (χ4n) is 3.61. The van der Waals surface area contributed by atoms with Crippen LogP contribution in [0.1, 0.15) is 52.6 Å². The van der Waals surface area contributed by atoms with Crippen LogP contribution in [0.4, 0.5) is 10.5 Å². The molecule has 1 heterocycles. The summed E-state index contributed by atoms with van der Waals surface area (Å²) < 4.78 is 5.35. The SMILES string of the molecule is CC(C)(C)OC(=O)c1ccc(NC(=O)c2cccc(C=C3SC(=O)N(Cc4ccc(Cl)c(Cl)c4)C3=O)c2)cc1. The second-order valence-electron chi connectivity index (χ2n) is 9.68. The molecule has 1 aliphatic rings. The smallest absolute Gasteiger partial charge is 0.338 e. The molecule has 0 spiro atoms. The Hall–Kier alpha value is -3.59. The minimum atomic E-state index is -0.609. The van der Waals surface area contributed by atoms with E-state index in [0.29, 0.717) is 38.0 Å². The number of nitrogens with one attached hydrogen (secondary N) is 1. The third-order valence-corrected chi connectivity index (χ3v) is 7.07. The van der Waals surface area contributed by atoms with E-state index in [0.717, 1.165) is 16.7 Å². The molecular weight excluding hydrogens is 559 g/mol. The van der Waals surface area contributed by atoms with Gasteiger partial charge in [-0.15, -0.1) is 0 Å². The van der Waals surface area contributed by atoms with Crippen molar-refractivity contribution in [1.82, 2.24) is 4.90 Å². The Labute approximate surface area is 240 Å². The molecule has 0 aliphatic carbocycles. The zero-order chi connectivity index (χ0) is 28.3. The Morgan fingerprint density at radius 3 is 2.33 bits per heavy atom. The van der Waals surface area contributed by atoms with E-state index < -0.39 is 22.7 Å². The van der Waals surface area contributed by atoms with Gasteiger partial charge in [-0.3, -0.25) is 19.3 Å². The molecule has 200 valence electrons. The molecular formula is C29H24Cl2N2O5S. The first-order chi connectivity index (χ1) is 18.4. The maximum absolute atomic E-state index is 12.9. The number of ether oxygens (including phenoxy) is 1. The van der Waals surface area contributed by atoms with E-state index in [2.05, 4.69) is 5.32 Å². The molecule has 0 unspecified atom stereocenters. The maximum Gasteiger partial charge on any atom is 0.338 e. The number of carbonyl (C=O) groups is 4. The van der Waals surface area contributed by atoms with Gasteiger partial charge in [0.2, 0.25) is 0 Å². The van der Waals surface area contributed by atoms with E-state index in [9.17, 15) is 19.2 Å². The first-order valence-corrected chi connectivity index (χ1v) is 13.4. The van der Waals surface area contributed by atoms with Crippen molar-refractivity contribution in [2.75, 3.05) is 5.32 Å². The average Bonchev–Trinajstić information content (AvgIpc) is 3.13. The lowest BCUT2D eigenvalue weighted by atomic mass is 10.1. The Morgan fingerprint density at radius 2 is 1.67 bits per heavy atom. The number of rotatable bonds is 6. The minimum absolute atomic E-state index is 0.0636. The Morgan fingerprint density at radius 1 is 0.949 bits per heavy atom. The van der Waals surface area contributed by atoms with Gasteiger partial charge in [-0.2, -0.15) is 0 Å². The van der Waals surface area contributed by atoms with E-state index in [4.69, 9.17) is 27.9 Å². The third kappa shape index (κ3) is 7.29. The van der Waals surface area contributed by atoms with E-state index in [1.54, 1.807) is 93.6 Å². The molecule has 4 rings (SSSR count). The van der Waals surface area contributed by atoms with Crippen molar-refractivity contribution in [2.45, 2.75) is 32.9 Å². The largest absolute Gasteiger partial charge is 0.456 e. The van der Waals surface area contributed by atoms with Crippen molar-refractivity contribution in [3.8, 4) is 0 Å². The molecule has 0 atom stereocenters. The highest BCUT2D eigenvalue weighted by molar-refractivity contribution is 8.18. The van der Waals surface area contributed by atoms with Crippen molar-refractivity contribution in [3.63, 3.8) is 0 Å². The number of benzene rings is 3. The van der Waals surface area contributed by atoms with E-state index >= 15 is 0 Å². The molecule has 3 amide bonds. The molecule has 39 heavy (non-hydrogen) atoms. The molecule has 0 saturated carbocycles. The van der Waals surface area contributed by atoms with E-state index in [-0.39, 0.29) is 17.4 Å². The topological polar surface area (TPSA) is 92.8 Å². The summed E-state index contributed by atoms with van der Waals surface area (Å²) in [6.45, 7) is 5.43. The summed E-state index contributed by atoms with van der Waals surface area (Å²) in [5, 5.41) is 3.11. The second kappa shape index (κ2) is 11.7. The second-order valence-corrected chi connectivity index (χ2v) is 11.5. The lowest BCUT2D eigenvalue weighted by Crippen LogP contribution is -2.27. The maximum atomic E-state index is 12.9. The van der Waals surface area contributed by atoms with Crippen LogP contribution in [0.25, 0.3) is 6.08 Å². The van der Waals surface area contributed by atoms with Crippen molar-refractivity contribution in [3.05, 3.63) is 104 Å². The van der Waals surface area contributed by atoms with Gasteiger partial charge in [0.25, 0.3) is 17.1 Å². The van der Waals surface area contributed by atoms with Gasteiger partial charge < -0.3 is 10.1 Å². The van der Waals surface area contributed by atoms with Gasteiger partial charge in [-0.1, -0.05) is 41.4 Å². The molecule has 1 fully saturated rings. The summed E-state index contributed by atoms with van der Waals surface area (Å²) in [7, 11) is 0. The number of carbonyl (C=O) groups excluding carboxylic acids is 4. The van der Waals surface area contributed by atoms with Gasteiger partial charge in [0.1, 0.15) is 5.60 Å². The predicted molar refractivity (Wildman–Crippen MR) is 154 cm³/mol. The quantitative estimate of drug-likeness (QED) is 0.240. The van der Waals surface area contributed by atoms with E-state index in [1.807, 2.05) is 0 Å². The monoisotopic (exact) mass is 582 g/mol. The number of esters is 1. The van der Waals surface area contributed by atoms with Crippen LogP contribution in [0.15, 0.2) is 71.6 Å². The minimum Gasteiger partial charge on any atom is -0.456 e. The standard InChI is InChI=1S/C29H24Cl2N2O5S/c1-29(2,3)38-27(36)19-8-10-21(11-9-19)32-25(34)20-6-4-5-17(13-20)15-24-26(35)33(28(37)39-24)16-18-7-12-22(30)23(31)14-18/h4-15H,16H2,1-3H3,(H,32,34). The predicted octanol–water partition coefficient (Wildman–Crippen LogP) is 7.44. The Kier molecular flexibility index (Phi) is 8.49. The van der Waals surface area contributed by atoms with Gasteiger partial charge >= 0.3 is 5.97 Å². The van der Waals surface area contributed by atoms with Crippen LogP contribution in [0.5, 0.6) is 0 Å². The molecule has 1 aliphatic heterocycles. The molecule has 1 N–H and O–H groups in total. The lowest BCUT2D eigenvalue weighted by Gasteiger charge is -2.19. The highest BCUT2D eigenvalue weighted by Gasteiger charge is 2.35. The molecule has 0 radical (unpaired) electrons. The number of imide groups is 1. The fraction of sp³-hybridized carbons (Fsp3) is 0.172. The third-order valence-electron chi connectivity index (χ3n) is 5.42. The van der Waals surface area contributed by atoms with Gasteiger partial charge in [-0.05, 0) is 98.3 Å². The zero-order valence-corrected chi connectivity index (χ0v) is 23.6. The number of hydrogen-bond donors (Lipinski definition) is 1. The molecule has 3 aromatic carbocycles. The summed E-state index contributed by atoms with van der Waals surface area (Å²) >= 11 is 12.8. The highest BCUT2D eigenvalue weighted by atomic mass is 35.5. The van der Waals surface area contributed by atoms with Crippen LogP contribution in [0, 0.1) is 0 Å². The number of thioether (sulfide) groups is 1. The number of nitrogens with zero attached hydrogens (tertiary/aromatic N) is 1. The molecule has 10 heteroatoms. The van der Waals surface area contributed by atoms with Gasteiger partial charge in [0.15, 0.2) is 0 Å². The van der Waals surface area contributed by atoms with Crippen LogP contribution in [-0.2, 0) is 16.1 Å². The molecule has 7 nitrogen and oxygen atoms in total. The van der Waals surface area contributed by atoms with Crippen LogP contribution >= 0.6 is 35.0 Å². The normalized spacial score (nSPS) is 14.6. The number of halogens is 2. The van der Waals surface area contributed by atoms with Crippen molar-refractivity contribution in [2.24, 2.45) is 0 Å². The number of anilines is 1. The van der Waals surface area contributed by atoms with Crippen molar-refractivity contribution >= 4 is 69.8 Å². The first-order valence-electron chi connectivity index (χ1n) is 11.8. The molecule has 3 aromatic rings. The van der Waals surface area contributed by atoms with Gasteiger partial charge in [0.05, 0.1) is 27.1 Å². The highest BCUT2D eigenvalue weighted by Crippen LogP contribution is 2.34. The first kappa shape index (κ1) is 28.4. The van der Waals surface area contributed by atoms with Crippen molar-refractivity contribution < 1.29 is 23.9 Å². The van der Waals surface area contributed by atoms with Crippen molar-refractivity contribution in [1.29, 1.82) is 0 Å². The fourth-order valence-corrected chi connectivity index (χ4v) is 4.77. The summed E-state index contributed by atoms with van der Waals surface area (Å²) in [5.74, 6) is -1.26. The molecule has 0 aromatic heterocycles. The number of hydrogen-bond acceptors (Lipinski definition) is 6. The lowest BCUT2D eigenvalue weighted by molar-refractivity contribution is -0.123. The van der Waals surface area contributed by atoms with Crippen LogP contribution in [0.3, 0.4) is 0 Å². The summed E-state index contributed by atoms with van der Waals surface area (Å²) in [5.41, 5.74) is 1.88. The van der Waals surface area contributed by atoms with Crippen LogP contribution in [0.2, 0.25) is 10.0 Å². The molecule has 1 saturated heterocycles. The summed E-state index contributed by atoms with van der Waals surface area (Å²) in [4.78, 5) is 51.9. The zero-order valence-electron chi connectivity index (χ0n) is 21.3. The Bertz CT molecular complexity index is 1500. The summed E-state index contributed by atoms with van der Waals surface area (Å²) in [6, 6.07) is 18.0. The average molecular weight is 583 g/mol. The van der Waals surface area contributed by atoms with Crippen LogP contribution < -0.4 is 5.32 Å². The Balaban J connectivity index is 1.43. The number of amides is 3. The van der Waals surface area contributed by atoms with Gasteiger partial charge in [0, 0.05) is 11.3 Å². The van der Waals surface area contributed by atoms with Gasteiger partial charge in [-0.25, -0.2) is 4.79 Å². The van der Waals surface area contributed by atoms with E-state index in [1.165, 1.54) is 0 Å². The summed E-state index contributed by atoms with van der Waals surface area (Å²) in [6.07, 6.45) is 1.58. The molecule has 0 bridgehead atoms.